The molecule has 2 rings (SSSR count). The zero-order valence-corrected chi connectivity index (χ0v) is 11.1. The fraction of sp³-hybridized carbons (Fsp3) is 0.867. The summed E-state index contributed by atoms with van der Waals surface area (Å²) in [4.78, 5) is 8.68. The van der Waals surface area contributed by atoms with Crippen LogP contribution in [-0.4, -0.2) is 18.1 Å². The van der Waals surface area contributed by atoms with Crippen molar-refractivity contribution in [2.75, 3.05) is 0 Å². The van der Waals surface area contributed by atoms with Gasteiger partial charge in [0.15, 0.2) is 0 Å². The molecule has 0 heterocycles. The third-order valence-corrected chi connectivity index (χ3v) is 4.24. The molecule has 0 saturated heterocycles. The van der Waals surface area contributed by atoms with Crippen LogP contribution in [0.15, 0.2) is 9.98 Å². The molecule has 0 bridgehead atoms. The second kappa shape index (κ2) is 7.34. The molecule has 0 radical (unpaired) electrons. The van der Waals surface area contributed by atoms with Crippen LogP contribution in [0.4, 0.5) is 0 Å². The van der Waals surface area contributed by atoms with E-state index >= 15 is 0 Å². The van der Waals surface area contributed by atoms with Crippen LogP contribution in [0.25, 0.3) is 0 Å². The van der Waals surface area contributed by atoms with Crippen LogP contribution < -0.4 is 0 Å². The molecule has 2 aliphatic rings. The highest BCUT2D eigenvalue weighted by molar-refractivity contribution is 5.43. The Hall–Kier alpha value is -1.13. The first-order valence-corrected chi connectivity index (χ1v) is 7.44. The van der Waals surface area contributed by atoms with Crippen LogP contribution in [0.5, 0.6) is 0 Å². The Morgan fingerprint density at radius 3 is 2.11 bits per heavy atom. The number of nitriles is 1. The zero-order valence-electron chi connectivity index (χ0n) is 11.1. The van der Waals surface area contributed by atoms with E-state index in [-0.39, 0.29) is 6.04 Å². The Morgan fingerprint density at radius 1 is 0.889 bits per heavy atom. The van der Waals surface area contributed by atoms with Crippen molar-refractivity contribution in [1.29, 1.82) is 5.26 Å². The molecule has 0 amide bonds. The van der Waals surface area contributed by atoms with Gasteiger partial charge in [-0.2, -0.15) is 5.26 Å². The molecule has 1 unspecified atom stereocenters. The number of rotatable bonds is 3. The van der Waals surface area contributed by atoms with Crippen molar-refractivity contribution in [2.24, 2.45) is 15.9 Å². The average Bonchev–Trinajstić information content (AvgIpc) is 2.46. The van der Waals surface area contributed by atoms with E-state index in [0.717, 1.165) is 12.8 Å². The molecular formula is C15H23N3. The lowest BCUT2D eigenvalue weighted by molar-refractivity contribution is 0.337. The van der Waals surface area contributed by atoms with Gasteiger partial charge < -0.3 is 0 Å². The largest absolute Gasteiger partial charge is 0.222 e. The van der Waals surface area contributed by atoms with Crippen LogP contribution in [0.1, 0.15) is 64.2 Å². The van der Waals surface area contributed by atoms with Crippen molar-refractivity contribution in [1.82, 2.24) is 0 Å². The first kappa shape index (κ1) is 13.3. The summed E-state index contributed by atoms with van der Waals surface area (Å²) in [5.41, 5.74) is 0. The van der Waals surface area contributed by atoms with Crippen LogP contribution in [-0.2, 0) is 0 Å². The van der Waals surface area contributed by atoms with E-state index in [2.05, 4.69) is 22.1 Å². The minimum atomic E-state index is -0.211. The van der Waals surface area contributed by atoms with Crippen LogP contribution in [0, 0.1) is 17.2 Å². The highest BCUT2D eigenvalue weighted by Gasteiger charge is 2.22. The smallest absolute Gasteiger partial charge is 0.150 e. The van der Waals surface area contributed by atoms with Crippen molar-refractivity contribution in [3.63, 3.8) is 0 Å². The molecule has 0 aromatic heterocycles. The molecule has 2 saturated carbocycles. The summed E-state index contributed by atoms with van der Waals surface area (Å²) in [7, 11) is 0. The fourth-order valence-corrected chi connectivity index (χ4v) is 3.08. The Balaban J connectivity index is 1.88. The van der Waals surface area contributed by atoms with Crippen LogP contribution >= 0.6 is 0 Å². The van der Waals surface area contributed by atoms with Gasteiger partial charge in [0, 0.05) is 0 Å². The van der Waals surface area contributed by atoms with Crippen molar-refractivity contribution in [2.45, 2.75) is 76.3 Å². The highest BCUT2D eigenvalue weighted by Crippen LogP contribution is 2.27. The summed E-state index contributed by atoms with van der Waals surface area (Å²) < 4.78 is 0. The molecule has 98 valence electrons. The number of hydrogen-bond donors (Lipinski definition) is 0. The monoisotopic (exact) mass is 245 g/mol. The molecule has 0 aliphatic heterocycles. The maximum Gasteiger partial charge on any atom is 0.150 e. The predicted molar refractivity (Wildman–Crippen MR) is 72.7 cm³/mol. The third kappa shape index (κ3) is 3.96. The Bertz CT molecular complexity index is 337. The Labute approximate surface area is 110 Å². The zero-order chi connectivity index (χ0) is 12.6. The lowest BCUT2D eigenvalue weighted by atomic mass is 9.85. The normalized spacial score (nSPS) is 23.7. The molecule has 3 heteroatoms. The van der Waals surface area contributed by atoms with E-state index in [1.54, 1.807) is 0 Å². The van der Waals surface area contributed by atoms with Crippen molar-refractivity contribution >= 4 is 6.01 Å². The summed E-state index contributed by atoms with van der Waals surface area (Å²) in [5, 5.41) is 9.19. The second-order valence-electron chi connectivity index (χ2n) is 5.62. The molecule has 1 atom stereocenters. The molecule has 18 heavy (non-hydrogen) atoms. The highest BCUT2D eigenvalue weighted by atomic mass is 14.9. The second-order valence-corrected chi connectivity index (χ2v) is 5.62. The van der Waals surface area contributed by atoms with Gasteiger partial charge in [0.25, 0.3) is 0 Å². The van der Waals surface area contributed by atoms with Gasteiger partial charge in [0.1, 0.15) is 6.04 Å². The van der Waals surface area contributed by atoms with Gasteiger partial charge in [0.05, 0.1) is 18.1 Å². The summed E-state index contributed by atoms with van der Waals surface area (Å²) in [6, 6.07) is 5.35. The lowest BCUT2D eigenvalue weighted by Gasteiger charge is -2.22. The maximum atomic E-state index is 9.19. The maximum absolute atomic E-state index is 9.19. The van der Waals surface area contributed by atoms with Gasteiger partial charge in [-0.3, -0.25) is 0 Å². The SMILES string of the molecule is N#CC(N=C=NC1CCCCC1)C1CCCCC1. The fourth-order valence-electron chi connectivity index (χ4n) is 3.08. The van der Waals surface area contributed by atoms with Gasteiger partial charge in [-0.05, 0) is 31.6 Å². The molecule has 3 nitrogen and oxygen atoms in total. The molecule has 0 aromatic rings. The van der Waals surface area contributed by atoms with E-state index < -0.39 is 0 Å². The van der Waals surface area contributed by atoms with Gasteiger partial charge in [-0.1, -0.05) is 38.5 Å². The Kier molecular flexibility index (Phi) is 5.42. The van der Waals surface area contributed by atoms with Gasteiger partial charge in [-0.15, -0.1) is 0 Å². The summed E-state index contributed by atoms with van der Waals surface area (Å²) in [5.74, 6) is 0.442. The molecule has 2 aliphatic carbocycles. The minimum absolute atomic E-state index is 0.211. The van der Waals surface area contributed by atoms with E-state index in [9.17, 15) is 5.26 Å². The van der Waals surface area contributed by atoms with E-state index in [4.69, 9.17) is 0 Å². The molecule has 0 N–H and O–H groups in total. The first-order valence-electron chi connectivity index (χ1n) is 7.44. The molecule has 2 fully saturated rings. The molecular weight excluding hydrogens is 222 g/mol. The number of nitrogens with zero attached hydrogens (tertiary/aromatic N) is 3. The third-order valence-electron chi connectivity index (χ3n) is 4.24. The summed E-state index contributed by atoms with van der Waals surface area (Å²) >= 11 is 0. The van der Waals surface area contributed by atoms with E-state index in [1.807, 2.05) is 0 Å². The summed E-state index contributed by atoms with van der Waals surface area (Å²) in [6.45, 7) is 0. The molecule has 0 aromatic carbocycles. The van der Waals surface area contributed by atoms with Crippen molar-refractivity contribution in [3.8, 4) is 6.07 Å². The Morgan fingerprint density at radius 2 is 1.50 bits per heavy atom. The van der Waals surface area contributed by atoms with Crippen molar-refractivity contribution in [3.05, 3.63) is 0 Å². The first-order chi connectivity index (χ1) is 8.90. The number of hydrogen-bond acceptors (Lipinski definition) is 3. The van der Waals surface area contributed by atoms with Crippen LogP contribution in [0.2, 0.25) is 0 Å². The predicted octanol–water partition coefficient (Wildman–Crippen LogP) is 3.97. The van der Waals surface area contributed by atoms with E-state index in [1.165, 1.54) is 51.4 Å². The van der Waals surface area contributed by atoms with Gasteiger partial charge in [-0.25, -0.2) is 9.98 Å². The van der Waals surface area contributed by atoms with Crippen molar-refractivity contribution < 1.29 is 0 Å². The number of aliphatic imine (C=N–C) groups is 2. The van der Waals surface area contributed by atoms with Crippen LogP contribution in [0.3, 0.4) is 0 Å². The quantitative estimate of drug-likeness (QED) is 0.694. The van der Waals surface area contributed by atoms with E-state index in [0.29, 0.717) is 12.0 Å². The van der Waals surface area contributed by atoms with Gasteiger partial charge >= 0.3 is 0 Å². The summed E-state index contributed by atoms with van der Waals surface area (Å²) in [6.07, 6.45) is 12.3. The topological polar surface area (TPSA) is 48.5 Å². The lowest BCUT2D eigenvalue weighted by Crippen LogP contribution is -2.19. The van der Waals surface area contributed by atoms with Gasteiger partial charge in [0.2, 0.25) is 0 Å². The minimum Gasteiger partial charge on any atom is -0.222 e. The molecule has 0 spiro atoms. The average molecular weight is 245 g/mol. The standard InChI is InChI=1S/C15H23N3/c16-11-15(13-7-3-1-4-8-13)18-12-17-14-9-5-2-6-10-14/h13-15H,1-10H2.